The van der Waals surface area contributed by atoms with Crippen LogP contribution in [0, 0.1) is 5.92 Å². The molecule has 106 valence electrons. The Bertz CT molecular complexity index is 651. The molecule has 2 aromatic rings. The maximum atomic E-state index is 11.4. The van der Waals surface area contributed by atoms with Crippen molar-refractivity contribution in [2.45, 2.75) is 20.3 Å². The SMILES string of the molecule is CC(C)Cc1nn(-c2cccc(Cl)c2)c(Cl)c1C(=O)O. The summed E-state index contributed by atoms with van der Waals surface area (Å²) < 4.78 is 1.41. The lowest BCUT2D eigenvalue weighted by Gasteiger charge is -2.03. The molecule has 1 aromatic carbocycles. The van der Waals surface area contributed by atoms with Gasteiger partial charge in [-0.05, 0) is 30.5 Å². The molecular weight excluding hydrogens is 299 g/mol. The number of benzene rings is 1. The summed E-state index contributed by atoms with van der Waals surface area (Å²) >= 11 is 12.1. The molecule has 1 aromatic heterocycles. The summed E-state index contributed by atoms with van der Waals surface area (Å²) in [6.07, 6.45) is 0.551. The van der Waals surface area contributed by atoms with E-state index in [1.54, 1.807) is 24.3 Å². The van der Waals surface area contributed by atoms with Gasteiger partial charge < -0.3 is 5.11 Å². The Morgan fingerprint density at radius 1 is 1.40 bits per heavy atom. The predicted octanol–water partition coefficient (Wildman–Crippen LogP) is 4.08. The Kier molecular flexibility index (Phi) is 4.35. The molecule has 0 atom stereocenters. The highest BCUT2D eigenvalue weighted by Crippen LogP contribution is 2.26. The van der Waals surface area contributed by atoms with Crippen LogP contribution >= 0.6 is 23.2 Å². The average Bonchev–Trinajstić information content (AvgIpc) is 2.65. The Morgan fingerprint density at radius 2 is 2.10 bits per heavy atom. The van der Waals surface area contributed by atoms with Gasteiger partial charge in [-0.3, -0.25) is 0 Å². The van der Waals surface area contributed by atoms with Crippen LogP contribution in [0.4, 0.5) is 0 Å². The van der Waals surface area contributed by atoms with Gasteiger partial charge >= 0.3 is 5.97 Å². The van der Waals surface area contributed by atoms with Crippen molar-refractivity contribution in [3.05, 3.63) is 45.7 Å². The van der Waals surface area contributed by atoms with Gasteiger partial charge in [-0.2, -0.15) is 5.10 Å². The maximum Gasteiger partial charge on any atom is 0.340 e. The van der Waals surface area contributed by atoms with Gasteiger partial charge in [0.15, 0.2) is 0 Å². The van der Waals surface area contributed by atoms with Gasteiger partial charge in [0.25, 0.3) is 0 Å². The fraction of sp³-hybridized carbons (Fsp3) is 0.286. The molecule has 0 unspecified atom stereocenters. The minimum absolute atomic E-state index is 0.0559. The first-order valence-electron chi connectivity index (χ1n) is 6.16. The molecule has 0 radical (unpaired) electrons. The van der Waals surface area contributed by atoms with Crippen molar-refractivity contribution in [3.63, 3.8) is 0 Å². The van der Waals surface area contributed by atoms with E-state index in [2.05, 4.69) is 5.10 Å². The summed E-state index contributed by atoms with van der Waals surface area (Å²) in [7, 11) is 0. The number of carbonyl (C=O) groups is 1. The third-order valence-corrected chi connectivity index (χ3v) is 3.35. The second kappa shape index (κ2) is 5.85. The monoisotopic (exact) mass is 312 g/mol. The first-order chi connectivity index (χ1) is 9.40. The zero-order valence-corrected chi connectivity index (χ0v) is 12.6. The molecule has 20 heavy (non-hydrogen) atoms. The van der Waals surface area contributed by atoms with Crippen LogP contribution in [0.3, 0.4) is 0 Å². The number of nitrogens with zero attached hydrogens (tertiary/aromatic N) is 2. The van der Waals surface area contributed by atoms with E-state index in [9.17, 15) is 9.90 Å². The van der Waals surface area contributed by atoms with Crippen molar-refractivity contribution in [3.8, 4) is 5.69 Å². The molecule has 0 bridgehead atoms. The lowest BCUT2D eigenvalue weighted by atomic mass is 10.1. The van der Waals surface area contributed by atoms with E-state index >= 15 is 0 Å². The zero-order chi connectivity index (χ0) is 14.9. The molecule has 6 heteroatoms. The first-order valence-corrected chi connectivity index (χ1v) is 6.92. The highest BCUT2D eigenvalue weighted by Gasteiger charge is 2.23. The van der Waals surface area contributed by atoms with Crippen LogP contribution in [0.15, 0.2) is 24.3 Å². The van der Waals surface area contributed by atoms with Crippen LogP contribution < -0.4 is 0 Å². The summed E-state index contributed by atoms with van der Waals surface area (Å²) in [5.74, 6) is -0.786. The molecule has 1 N–H and O–H groups in total. The van der Waals surface area contributed by atoms with Gasteiger partial charge in [-0.25, -0.2) is 9.48 Å². The van der Waals surface area contributed by atoms with Crippen molar-refractivity contribution in [1.82, 2.24) is 9.78 Å². The highest BCUT2D eigenvalue weighted by atomic mass is 35.5. The fourth-order valence-electron chi connectivity index (χ4n) is 1.96. The van der Waals surface area contributed by atoms with Gasteiger partial charge in [0, 0.05) is 5.02 Å². The topological polar surface area (TPSA) is 55.1 Å². The summed E-state index contributed by atoms with van der Waals surface area (Å²) in [6, 6.07) is 6.95. The van der Waals surface area contributed by atoms with Crippen molar-refractivity contribution < 1.29 is 9.90 Å². The molecule has 0 aliphatic carbocycles. The first kappa shape index (κ1) is 14.9. The van der Waals surface area contributed by atoms with E-state index in [1.807, 2.05) is 13.8 Å². The number of hydrogen-bond acceptors (Lipinski definition) is 2. The summed E-state index contributed by atoms with van der Waals surface area (Å²) in [5.41, 5.74) is 1.18. The number of rotatable bonds is 4. The number of aromatic carboxylic acids is 1. The van der Waals surface area contributed by atoms with Crippen LogP contribution in [0.25, 0.3) is 5.69 Å². The normalized spacial score (nSPS) is 11.1. The minimum Gasteiger partial charge on any atom is -0.478 e. The predicted molar refractivity (Wildman–Crippen MR) is 79.1 cm³/mol. The standard InChI is InChI=1S/C14H14Cl2N2O2/c1-8(2)6-11-12(14(19)20)13(16)18(17-11)10-5-3-4-9(15)7-10/h3-5,7-8H,6H2,1-2H3,(H,19,20). The third kappa shape index (κ3) is 2.97. The van der Waals surface area contributed by atoms with E-state index < -0.39 is 5.97 Å². The van der Waals surface area contributed by atoms with E-state index in [0.29, 0.717) is 22.8 Å². The van der Waals surface area contributed by atoms with E-state index in [-0.39, 0.29) is 16.6 Å². The van der Waals surface area contributed by atoms with Gasteiger partial charge in [0.2, 0.25) is 0 Å². The highest BCUT2D eigenvalue weighted by molar-refractivity contribution is 6.33. The molecule has 0 aliphatic rings. The number of halogens is 2. The largest absolute Gasteiger partial charge is 0.478 e. The van der Waals surface area contributed by atoms with Gasteiger partial charge in [0.1, 0.15) is 10.7 Å². The fourth-order valence-corrected chi connectivity index (χ4v) is 2.47. The number of carboxylic acid groups (broad SMARTS) is 1. The quantitative estimate of drug-likeness (QED) is 0.925. The Morgan fingerprint density at radius 3 is 2.65 bits per heavy atom. The summed E-state index contributed by atoms with van der Waals surface area (Å²) in [5, 5.41) is 14.3. The number of carboxylic acids is 1. The smallest absolute Gasteiger partial charge is 0.340 e. The average molecular weight is 313 g/mol. The Balaban J connectivity index is 2.58. The van der Waals surface area contributed by atoms with Crippen LogP contribution in [-0.4, -0.2) is 20.9 Å². The van der Waals surface area contributed by atoms with Crippen LogP contribution in [0.5, 0.6) is 0 Å². The maximum absolute atomic E-state index is 11.4. The van der Waals surface area contributed by atoms with Crippen LogP contribution in [0.1, 0.15) is 29.9 Å². The van der Waals surface area contributed by atoms with E-state index in [1.165, 1.54) is 4.68 Å². The van der Waals surface area contributed by atoms with Gasteiger partial charge in [-0.1, -0.05) is 43.1 Å². The molecule has 0 saturated carbocycles. The van der Waals surface area contributed by atoms with Gasteiger partial charge in [-0.15, -0.1) is 0 Å². The van der Waals surface area contributed by atoms with Crippen LogP contribution in [-0.2, 0) is 6.42 Å². The molecule has 2 rings (SSSR count). The van der Waals surface area contributed by atoms with Gasteiger partial charge in [0.05, 0.1) is 11.4 Å². The van der Waals surface area contributed by atoms with E-state index in [0.717, 1.165) is 0 Å². The van der Waals surface area contributed by atoms with Crippen molar-refractivity contribution in [2.24, 2.45) is 5.92 Å². The number of aromatic nitrogens is 2. The Hall–Kier alpha value is -1.52. The van der Waals surface area contributed by atoms with Crippen molar-refractivity contribution >= 4 is 29.2 Å². The van der Waals surface area contributed by atoms with Crippen molar-refractivity contribution in [2.75, 3.05) is 0 Å². The molecule has 1 heterocycles. The second-order valence-electron chi connectivity index (χ2n) is 4.91. The molecule has 0 fully saturated rings. The molecule has 0 spiro atoms. The molecule has 0 amide bonds. The van der Waals surface area contributed by atoms with E-state index in [4.69, 9.17) is 23.2 Å². The molecule has 0 saturated heterocycles. The molecule has 4 nitrogen and oxygen atoms in total. The minimum atomic E-state index is -1.07. The summed E-state index contributed by atoms with van der Waals surface area (Å²) in [4.78, 5) is 11.4. The molecule has 0 aliphatic heterocycles. The Labute approximate surface area is 126 Å². The lowest BCUT2D eigenvalue weighted by molar-refractivity contribution is 0.0696. The van der Waals surface area contributed by atoms with Crippen LogP contribution in [0.2, 0.25) is 10.2 Å². The number of hydrogen-bond donors (Lipinski definition) is 1. The molecular formula is C14H14Cl2N2O2. The van der Waals surface area contributed by atoms with Crippen molar-refractivity contribution in [1.29, 1.82) is 0 Å². The summed E-state index contributed by atoms with van der Waals surface area (Å²) in [6.45, 7) is 4.00. The zero-order valence-electron chi connectivity index (χ0n) is 11.1. The lowest BCUT2D eigenvalue weighted by Crippen LogP contribution is -2.03. The second-order valence-corrected chi connectivity index (χ2v) is 5.70. The third-order valence-electron chi connectivity index (χ3n) is 2.77.